The molecule has 1 N–H and O–H groups in total. The lowest BCUT2D eigenvalue weighted by molar-refractivity contribution is -0.147. The van der Waals surface area contributed by atoms with Crippen molar-refractivity contribution in [3.8, 4) is 11.1 Å². The van der Waals surface area contributed by atoms with Gasteiger partial charge in [0.15, 0.2) is 0 Å². The van der Waals surface area contributed by atoms with Crippen LogP contribution in [0.15, 0.2) is 24.3 Å². The molecule has 1 aromatic heterocycles. The summed E-state index contributed by atoms with van der Waals surface area (Å²) in [7, 11) is 0. The Bertz CT molecular complexity index is 1020. The normalized spacial score (nSPS) is 15.0. The molecule has 0 bridgehead atoms. The Morgan fingerprint density at radius 2 is 1.81 bits per heavy atom. The molecule has 0 atom stereocenters. The van der Waals surface area contributed by atoms with E-state index in [0.29, 0.717) is 23.4 Å². The first-order chi connectivity index (χ1) is 14.9. The molecule has 0 spiro atoms. The average molecular weight is 471 g/mol. The molecule has 9 heteroatoms. The summed E-state index contributed by atoms with van der Waals surface area (Å²) in [6.45, 7) is 6.70. The molecule has 1 fully saturated rings. The summed E-state index contributed by atoms with van der Waals surface area (Å²) in [5.74, 6) is -1.47. The van der Waals surface area contributed by atoms with Gasteiger partial charge < -0.3 is 14.6 Å². The minimum absolute atomic E-state index is 0.0154. The van der Waals surface area contributed by atoms with E-state index in [4.69, 9.17) is 16.3 Å². The number of carbonyl (C=O) groups is 2. The van der Waals surface area contributed by atoms with Gasteiger partial charge in [-0.15, -0.1) is 0 Å². The van der Waals surface area contributed by atoms with E-state index in [9.17, 15) is 22.8 Å². The van der Waals surface area contributed by atoms with Crippen molar-refractivity contribution in [1.82, 2.24) is 9.88 Å². The van der Waals surface area contributed by atoms with E-state index in [0.717, 1.165) is 4.57 Å². The number of carbonyl (C=O) groups excluding carboxylic acids is 2. The van der Waals surface area contributed by atoms with Crippen LogP contribution in [-0.4, -0.2) is 28.6 Å². The van der Waals surface area contributed by atoms with Gasteiger partial charge >= 0.3 is 12.1 Å². The molecule has 174 valence electrons. The first-order valence-electron chi connectivity index (χ1n) is 10.5. The predicted octanol–water partition coefficient (Wildman–Crippen LogP) is 5.62. The maximum atomic E-state index is 14.1. The van der Waals surface area contributed by atoms with Crippen molar-refractivity contribution in [2.75, 3.05) is 6.61 Å². The molecule has 1 amide bonds. The molecule has 1 heterocycles. The van der Waals surface area contributed by atoms with Gasteiger partial charge in [-0.1, -0.05) is 37.6 Å². The SMILES string of the molecule is CCOC(=O)C1(NC(=O)c2c(-c3ccc(Cl)cc3)c(C)c(C(F)(F)F)n2CC(C)C)CC1. The topological polar surface area (TPSA) is 60.3 Å². The Balaban J connectivity index is 2.20. The molecular formula is C23H26ClF3N2O3. The number of amides is 1. The standard InChI is InChI=1S/C23H26ClF3N2O3/c1-5-32-21(31)22(10-11-22)28-20(30)18-17(15-6-8-16(24)9-7-15)14(4)19(23(25,26)27)29(18)12-13(2)3/h6-9,13H,5,10-12H2,1-4H3,(H,28,30). The molecule has 0 saturated heterocycles. The summed E-state index contributed by atoms with van der Waals surface area (Å²) in [6, 6.07) is 6.29. The fourth-order valence-corrected chi connectivity index (χ4v) is 4.04. The Kier molecular flexibility index (Phi) is 6.65. The Labute approximate surface area is 189 Å². The van der Waals surface area contributed by atoms with Crippen LogP contribution >= 0.6 is 11.6 Å². The van der Waals surface area contributed by atoms with Gasteiger partial charge in [-0.2, -0.15) is 13.2 Å². The zero-order valence-corrected chi connectivity index (χ0v) is 19.2. The molecule has 2 aromatic rings. The zero-order valence-electron chi connectivity index (χ0n) is 18.4. The van der Waals surface area contributed by atoms with Crippen molar-refractivity contribution in [2.24, 2.45) is 5.92 Å². The fraction of sp³-hybridized carbons (Fsp3) is 0.478. The number of nitrogens with zero attached hydrogens (tertiary/aromatic N) is 1. The maximum absolute atomic E-state index is 14.1. The smallest absolute Gasteiger partial charge is 0.431 e. The zero-order chi connectivity index (χ0) is 23.8. The Hall–Kier alpha value is -2.48. The molecule has 0 unspecified atom stereocenters. The number of halogens is 4. The van der Waals surface area contributed by atoms with E-state index in [1.807, 2.05) is 0 Å². The second-order valence-corrected chi connectivity index (χ2v) is 8.90. The molecule has 1 aromatic carbocycles. The first kappa shape index (κ1) is 24.2. The van der Waals surface area contributed by atoms with Crippen LogP contribution in [-0.2, 0) is 22.3 Å². The van der Waals surface area contributed by atoms with Crippen LogP contribution in [0.1, 0.15) is 55.4 Å². The summed E-state index contributed by atoms with van der Waals surface area (Å²) in [5.41, 5.74) is -1.63. The van der Waals surface area contributed by atoms with Gasteiger partial charge in [-0.3, -0.25) is 4.79 Å². The van der Waals surface area contributed by atoms with Crippen molar-refractivity contribution in [3.05, 3.63) is 46.2 Å². The van der Waals surface area contributed by atoms with Gasteiger partial charge in [0.2, 0.25) is 0 Å². The third-order valence-corrected chi connectivity index (χ3v) is 5.69. The third kappa shape index (κ3) is 4.65. The van der Waals surface area contributed by atoms with Crippen molar-refractivity contribution >= 4 is 23.5 Å². The summed E-state index contributed by atoms with van der Waals surface area (Å²) >= 11 is 5.96. The van der Waals surface area contributed by atoms with Crippen LogP contribution in [0.4, 0.5) is 13.2 Å². The monoisotopic (exact) mass is 470 g/mol. The van der Waals surface area contributed by atoms with Crippen molar-refractivity contribution in [3.63, 3.8) is 0 Å². The molecular weight excluding hydrogens is 445 g/mol. The lowest BCUT2D eigenvalue weighted by Gasteiger charge is -2.20. The van der Waals surface area contributed by atoms with Crippen LogP contribution < -0.4 is 5.32 Å². The van der Waals surface area contributed by atoms with Crippen molar-refractivity contribution in [2.45, 2.75) is 58.8 Å². The van der Waals surface area contributed by atoms with Crippen molar-refractivity contribution in [1.29, 1.82) is 0 Å². The number of ether oxygens (including phenoxy) is 1. The number of hydrogen-bond acceptors (Lipinski definition) is 3. The highest BCUT2D eigenvalue weighted by molar-refractivity contribution is 6.30. The first-order valence-corrected chi connectivity index (χ1v) is 10.8. The van der Waals surface area contributed by atoms with E-state index in [1.165, 1.54) is 6.92 Å². The van der Waals surface area contributed by atoms with Gasteiger partial charge in [0.25, 0.3) is 5.91 Å². The minimum atomic E-state index is -4.67. The van der Waals surface area contributed by atoms with Gasteiger partial charge in [-0.05, 0) is 55.9 Å². The second-order valence-electron chi connectivity index (χ2n) is 8.46. The number of aromatic nitrogens is 1. The van der Waals surface area contributed by atoms with Crippen LogP contribution in [0.5, 0.6) is 0 Å². The molecule has 3 rings (SSSR count). The van der Waals surface area contributed by atoms with Gasteiger partial charge in [0.05, 0.1) is 6.61 Å². The summed E-state index contributed by atoms with van der Waals surface area (Å²) in [6.07, 6.45) is -3.91. The number of alkyl halides is 3. The fourth-order valence-electron chi connectivity index (χ4n) is 3.92. The minimum Gasteiger partial charge on any atom is -0.464 e. The third-order valence-electron chi connectivity index (χ3n) is 5.44. The number of esters is 1. The highest BCUT2D eigenvalue weighted by Gasteiger charge is 2.53. The van der Waals surface area contributed by atoms with Crippen LogP contribution in [0, 0.1) is 12.8 Å². The molecule has 5 nitrogen and oxygen atoms in total. The van der Waals surface area contributed by atoms with Crippen LogP contribution in [0.25, 0.3) is 11.1 Å². The van der Waals surface area contributed by atoms with E-state index in [2.05, 4.69) is 5.32 Å². The van der Waals surface area contributed by atoms with E-state index in [1.54, 1.807) is 45.0 Å². The highest BCUT2D eigenvalue weighted by Crippen LogP contribution is 2.43. The van der Waals surface area contributed by atoms with Gasteiger partial charge in [0, 0.05) is 17.1 Å². The van der Waals surface area contributed by atoms with Crippen LogP contribution in [0.3, 0.4) is 0 Å². The summed E-state index contributed by atoms with van der Waals surface area (Å²) in [4.78, 5) is 25.8. The molecule has 0 aliphatic heterocycles. The lowest BCUT2D eigenvalue weighted by Crippen LogP contribution is -2.45. The number of rotatable bonds is 7. The van der Waals surface area contributed by atoms with Crippen molar-refractivity contribution < 1.29 is 27.5 Å². The lowest BCUT2D eigenvalue weighted by atomic mass is 10.00. The number of hydrogen-bond donors (Lipinski definition) is 1. The summed E-state index contributed by atoms with van der Waals surface area (Å²) < 4.78 is 48.5. The Morgan fingerprint density at radius 1 is 1.22 bits per heavy atom. The number of benzene rings is 1. The largest absolute Gasteiger partial charge is 0.464 e. The highest BCUT2D eigenvalue weighted by atomic mass is 35.5. The Morgan fingerprint density at radius 3 is 2.28 bits per heavy atom. The van der Waals surface area contributed by atoms with Gasteiger partial charge in [0.1, 0.15) is 16.9 Å². The predicted molar refractivity (Wildman–Crippen MR) is 116 cm³/mol. The molecule has 1 aliphatic carbocycles. The molecule has 1 saturated carbocycles. The molecule has 32 heavy (non-hydrogen) atoms. The quantitative estimate of drug-likeness (QED) is 0.534. The van der Waals surface area contributed by atoms with Gasteiger partial charge in [-0.25, -0.2) is 4.79 Å². The van der Waals surface area contributed by atoms with E-state index < -0.39 is 29.3 Å². The number of nitrogens with one attached hydrogen (secondary N) is 1. The summed E-state index contributed by atoms with van der Waals surface area (Å²) in [5, 5.41) is 3.09. The molecule has 0 radical (unpaired) electrons. The maximum Gasteiger partial charge on any atom is 0.431 e. The molecule has 1 aliphatic rings. The van der Waals surface area contributed by atoms with E-state index in [-0.39, 0.29) is 35.9 Å². The van der Waals surface area contributed by atoms with E-state index >= 15 is 0 Å². The average Bonchev–Trinajstić information content (AvgIpc) is 3.39. The van der Waals surface area contributed by atoms with Crippen LogP contribution in [0.2, 0.25) is 5.02 Å². The second kappa shape index (κ2) is 8.81.